The molecule has 0 heterocycles. The Morgan fingerprint density at radius 3 is 2.25 bits per heavy atom. The summed E-state index contributed by atoms with van der Waals surface area (Å²) in [4.78, 5) is 0. The first-order chi connectivity index (χ1) is 9.54. The van der Waals surface area contributed by atoms with Gasteiger partial charge in [0.1, 0.15) is 12.4 Å². The molecule has 20 heavy (non-hydrogen) atoms. The molecule has 0 bridgehead atoms. The lowest BCUT2D eigenvalue weighted by molar-refractivity contribution is 0.0921. The maximum Gasteiger partial charge on any atom is 0.125 e. The number of aryl methyl sites for hydroxylation is 2. The second-order valence-corrected chi connectivity index (χ2v) is 5.74. The van der Waals surface area contributed by atoms with Crippen LogP contribution in [0.25, 0.3) is 0 Å². The average molecular weight is 279 g/mol. The summed E-state index contributed by atoms with van der Waals surface area (Å²) in [7, 11) is 0. The molecule has 3 nitrogen and oxygen atoms in total. The Kier molecular flexibility index (Phi) is 7.63. The summed E-state index contributed by atoms with van der Waals surface area (Å²) in [5.74, 6) is 1.67. The van der Waals surface area contributed by atoms with Gasteiger partial charge < -0.3 is 15.2 Å². The number of rotatable bonds is 9. The summed E-state index contributed by atoms with van der Waals surface area (Å²) in [6, 6.07) is 4.32. The van der Waals surface area contributed by atoms with E-state index in [1.807, 2.05) is 0 Å². The van der Waals surface area contributed by atoms with Gasteiger partial charge in [-0.05, 0) is 55.8 Å². The summed E-state index contributed by atoms with van der Waals surface area (Å²) in [5.41, 5.74) is 9.23. The Morgan fingerprint density at radius 1 is 1.05 bits per heavy atom. The molecule has 3 heteroatoms. The van der Waals surface area contributed by atoms with E-state index in [9.17, 15) is 0 Å². The number of hydrogen-bond donors (Lipinski definition) is 1. The van der Waals surface area contributed by atoms with E-state index < -0.39 is 0 Å². The largest absolute Gasteiger partial charge is 0.491 e. The molecule has 114 valence electrons. The highest BCUT2D eigenvalue weighted by Crippen LogP contribution is 2.24. The van der Waals surface area contributed by atoms with Gasteiger partial charge in [-0.25, -0.2) is 0 Å². The van der Waals surface area contributed by atoms with E-state index in [1.54, 1.807) is 0 Å². The van der Waals surface area contributed by atoms with Crippen LogP contribution in [0.15, 0.2) is 12.1 Å². The molecule has 1 rings (SSSR count). The maximum atomic E-state index is 5.85. The third-order valence-corrected chi connectivity index (χ3v) is 3.27. The molecule has 0 aliphatic carbocycles. The van der Waals surface area contributed by atoms with Gasteiger partial charge in [-0.2, -0.15) is 0 Å². The van der Waals surface area contributed by atoms with Crippen molar-refractivity contribution < 1.29 is 9.47 Å². The third-order valence-electron chi connectivity index (χ3n) is 3.27. The lowest BCUT2D eigenvalue weighted by Crippen LogP contribution is -2.10. The minimum absolute atomic E-state index is 0.607. The summed E-state index contributed by atoms with van der Waals surface area (Å²) in [6.07, 6.45) is 2.02. The molecular weight excluding hydrogens is 250 g/mol. The van der Waals surface area contributed by atoms with Crippen molar-refractivity contribution in [1.82, 2.24) is 0 Å². The van der Waals surface area contributed by atoms with Gasteiger partial charge in [0.05, 0.1) is 6.61 Å². The highest BCUT2D eigenvalue weighted by atomic mass is 16.5. The molecule has 1 aromatic rings. The molecule has 0 saturated carbocycles. The SMILES string of the molecule is Cc1cc(CCN)cc(C)c1OCCOCCC(C)C. The van der Waals surface area contributed by atoms with E-state index in [0.717, 1.165) is 25.2 Å². The lowest BCUT2D eigenvalue weighted by atomic mass is 10.0. The van der Waals surface area contributed by atoms with Crippen LogP contribution in [0.1, 0.15) is 37.0 Å². The first-order valence-electron chi connectivity index (χ1n) is 7.55. The number of nitrogens with two attached hydrogens (primary N) is 1. The van der Waals surface area contributed by atoms with Crippen LogP contribution in [-0.4, -0.2) is 26.4 Å². The topological polar surface area (TPSA) is 44.5 Å². The monoisotopic (exact) mass is 279 g/mol. The van der Waals surface area contributed by atoms with Crippen molar-refractivity contribution in [3.63, 3.8) is 0 Å². The van der Waals surface area contributed by atoms with Crippen molar-refractivity contribution in [3.05, 3.63) is 28.8 Å². The van der Waals surface area contributed by atoms with Gasteiger partial charge in [0, 0.05) is 6.61 Å². The maximum absolute atomic E-state index is 5.85. The van der Waals surface area contributed by atoms with Gasteiger partial charge in [-0.3, -0.25) is 0 Å². The van der Waals surface area contributed by atoms with E-state index in [1.165, 1.54) is 16.7 Å². The van der Waals surface area contributed by atoms with E-state index in [0.29, 0.717) is 25.7 Å². The summed E-state index contributed by atoms with van der Waals surface area (Å²) < 4.78 is 11.4. The van der Waals surface area contributed by atoms with Crippen LogP contribution in [0.5, 0.6) is 5.75 Å². The molecule has 0 aromatic heterocycles. The van der Waals surface area contributed by atoms with E-state index >= 15 is 0 Å². The molecule has 0 saturated heterocycles. The number of benzene rings is 1. The Hall–Kier alpha value is -1.06. The Bertz CT molecular complexity index is 379. The van der Waals surface area contributed by atoms with Crippen LogP contribution in [0, 0.1) is 19.8 Å². The molecular formula is C17H29NO2. The molecule has 1 aromatic carbocycles. The summed E-state index contributed by atoms with van der Waals surface area (Å²) in [6.45, 7) is 11.3. The summed E-state index contributed by atoms with van der Waals surface area (Å²) in [5, 5.41) is 0. The van der Waals surface area contributed by atoms with Crippen molar-refractivity contribution in [2.24, 2.45) is 11.7 Å². The molecule has 0 fully saturated rings. The van der Waals surface area contributed by atoms with E-state index in [2.05, 4.69) is 39.8 Å². The highest BCUT2D eigenvalue weighted by Gasteiger charge is 2.06. The number of hydrogen-bond acceptors (Lipinski definition) is 3. The molecule has 0 amide bonds. The predicted octanol–water partition coefficient (Wildman–Crippen LogP) is 3.25. The number of ether oxygens (including phenoxy) is 2. The van der Waals surface area contributed by atoms with Crippen molar-refractivity contribution in [2.75, 3.05) is 26.4 Å². The zero-order valence-corrected chi connectivity index (χ0v) is 13.4. The van der Waals surface area contributed by atoms with Crippen LogP contribution in [0.4, 0.5) is 0 Å². The zero-order valence-electron chi connectivity index (χ0n) is 13.4. The van der Waals surface area contributed by atoms with Crippen molar-refractivity contribution in [1.29, 1.82) is 0 Å². The van der Waals surface area contributed by atoms with Gasteiger partial charge in [-0.1, -0.05) is 26.0 Å². The molecule has 0 unspecified atom stereocenters. The molecule has 0 radical (unpaired) electrons. The second-order valence-electron chi connectivity index (χ2n) is 5.74. The fraction of sp³-hybridized carbons (Fsp3) is 0.647. The predicted molar refractivity (Wildman–Crippen MR) is 84.4 cm³/mol. The van der Waals surface area contributed by atoms with Crippen molar-refractivity contribution in [2.45, 2.75) is 40.5 Å². The zero-order chi connectivity index (χ0) is 15.0. The van der Waals surface area contributed by atoms with Crippen LogP contribution in [0.3, 0.4) is 0 Å². The van der Waals surface area contributed by atoms with Crippen molar-refractivity contribution in [3.8, 4) is 5.75 Å². The van der Waals surface area contributed by atoms with Gasteiger partial charge in [-0.15, -0.1) is 0 Å². The minimum Gasteiger partial charge on any atom is -0.491 e. The van der Waals surface area contributed by atoms with E-state index in [4.69, 9.17) is 15.2 Å². The minimum atomic E-state index is 0.607. The average Bonchev–Trinajstić information content (AvgIpc) is 2.36. The quantitative estimate of drug-likeness (QED) is 0.706. The smallest absolute Gasteiger partial charge is 0.125 e. The summed E-state index contributed by atoms with van der Waals surface area (Å²) >= 11 is 0. The molecule has 0 spiro atoms. The fourth-order valence-corrected chi connectivity index (χ4v) is 2.20. The van der Waals surface area contributed by atoms with Gasteiger partial charge in [0.15, 0.2) is 0 Å². The fourth-order valence-electron chi connectivity index (χ4n) is 2.20. The highest BCUT2D eigenvalue weighted by molar-refractivity contribution is 5.43. The van der Waals surface area contributed by atoms with Crippen LogP contribution in [-0.2, 0) is 11.2 Å². The normalized spacial score (nSPS) is 11.1. The van der Waals surface area contributed by atoms with E-state index in [-0.39, 0.29) is 0 Å². The Labute approximate surface area is 123 Å². The second kappa shape index (κ2) is 8.98. The van der Waals surface area contributed by atoms with Crippen molar-refractivity contribution >= 4 is 0 Å². The standard InChI is InChI=1S/C17H29NO2/c1-13(2)6-8-19-9-10-20-17-14(3)11-16(5-7-18)12-15(17)4/h11-13H,5-10,18H2,1-4H3. The van der Waals surface area contributed by atoms with Gasteiger partial charge in [0.25, 0.3) is 0 Å². The van der Waals surface area contributed by atoms with Gasteiger partial charge >= 0.3 is 0 Å². The van der Waals surface area contributed by atoms with Crippen LogP contribution >= 0.6 is 0 Å². The lowest BCUT2D eigenvalue weighted by Gasteiger charge is -2.14. The van der Waals surface area contributed by atoms with Crippen LogP contribution < -0.4 is 10.5 Å². The molecule has 0 aliphatic rings. The van der Waals surface area contributed by atoms with Crippen LogP contribution in [0.2, 0.25) is 0 Å². The molecule has 2 N–H and O–H groups in total. The molecule has 0 atom stereocenters. The Morgan fingerprint density at radius 2 is 1.70 bits per heavy atom. The van der Waals surface area contributed by atoms with Gasteiger partial charge in [0.2, 0.25) is 0 Å². The first kappa shape index (κ1) is 17.0. The first-order valence-corrected chi connectivity index (χ1v) is 7.55. The third kappa shape index (κ3) is 5.93. The Balaban J connectivity index is 2.40. The molecule has 0 aliphatic heterocycles.